The Balaban J connectivity index is 2.24. The molecular weight excluding hydrogens is 170 g/mol. The fourth-order valence-electron chi connectivity index (χ4n) is 2.20. The van der Waals surface area contributed by atoms with E-state index in [9.17, 15) is 0 Å². The predicted octanol–water partition coefficient (Wildman–Crippen LogP) is 3.01. The Kier molecular flexibility index (Phi) is 2.49. The number of anilines is 1. The third kappa shape index (κ3) is 1.63. The minimum absolute atomic E-state index is 0.876. The van der Waals surface area contributed by atoms with Crippen molar-refractivity contribution in [3.63, 3.8) is 0 Å². The van der Waals surface area contributed by atoms with Crippen LogP contribution in [0.1, 0.15) is 25.0 Å². The Morgan fingerprint density at radius 3 is 2.64 bits per heavy atom. The average molecular weight is 189 g/mol. The number of hydrogen-bond donors (Lipinski definition) is 0. The van der Waals surface area contributed by atoms with Crippen LogP contribution < -0.4 is 4.90 Å². The Hall–Kier alpha value is -0.980. The molecule has 1 aliphatic rings. The summed E-state index contributed by atoms with van der Waals surface area (Å²) in [6, 6.07) is 6.82. The lowest BCUT2D eigenvalue weighted by Gasteiger charge is -2.40. The van der Waals surface area contributed by atoms with Gasteiger partial charge in [-0.3, -0.25) is 0 Å². The fourth-order valence-corrected chi connectivity index (χ4v) is 2.20. The van der Waals surface area contributed by atoms with Crippen LogP contribution in [0.15, 0.2) is 18.2 Å². The zero-order chi connectivity index (χ0) is 10.1. The molecule has 1 nitrogen and oxygen atoms in total. The van der Waals surface area contributed by atoms with Gasteiger partial charge in [-0.05, 0) is 30.9 Å². The highest BCUT2D eigenvalue weighted by atomic mass is 15.2. The Morgan fingerprint density at radius 1 is 1.36 bits per heavy atom. The van der Waals surface area contributed by atoms with Crippen molar-refractivity contribution in [1.82, 2.24) is 0 Å². The lowest BCUT2D eigenvalue weighted by molar-refractivity contribution is 0.446. The largest absolute Gasteiger partial charge is 0.371 e. The van der Waals surface area contributed by atoms with Crippen LogP contribution in [0.2, 0.25) is 0 Å². The zero-order valence-electron chi connectivity index (χ0n) is 9.38. The van der Waals surface area contributed by atoms with E-state index in [1.54, 1.807) is 0 Å². The smallest absolute Gasteiger partial charge is 0.0399 e. The van der Waals surface area contributed by atoms with Gasteiger partial charge in [0.25, 0.3) is 0 Å². The van der Waals surface area contributed by atoms with Crippen molar-refractivity contribution in [3.05, 3.63) is 29.3 Å². The topological polar surface area (TPSA) is 3.24 Å². The van der Waals surface area contributed by atoms with E-state index in [2.05, 4.69) is 43.9 Å². The van der Waals surface area contributed by atoms with E-state index in [0.717, 1.165) is 12.3 Å². The Bertz CT molecular complexity index is 324. The summed E-state index contributed by atoms with van der Waals surface area (Å²) in [5.41, 5.74) is 4.33. The summed E-state index contributed by atoms with van der Waals surface area (Å²) in [6.07, 6.45) is 1.14. The molecule has 76 valence electrons. The van der Waals surface area contributed by atoms with Crippen LogP contribution in [0.4, 0.5) is 5.69 Å². The van der Waals surface area contributed by atoms with Gasteiger partial charge in [-0.1, -0.05) is 31.5 Å². The standard InChI is InChI=1S/C13H19N/c1-4-12-7-10(2)5-6-13(12)14-8-11(3)9-14/h5-7,11H,4,8-9H2,1-3H3. The molecule has 1 saturated heterocycles. The van der Waals surface area contributed by atoms with Gasteiger partial charge < -0.3 is 4.90 Å². The van der Waals surface area contributed by atoms with Crippen molar-refractivity contribution >= 4 is 5.69 Å². The summed E-state index contributed by atoms with van der Waals surface area (Å²) >= 11 is 0. The van der Waals surface area contributed by atoms with E-state index in [1.807, 2.05) is 0 Å². The molecule has 0 aromatic heterocycles. The molecule has 2 rings (SSSR count). The molecule has 14 heavy (non-hydrogen) atoms. The SMILES string of the molecule is CCc1cc(C)ccc1N1CC(C)C1. The van der Waals surface area contributed by atoms with Crippen LogP contribution in [0.5, 0.6) is 0 Å². The van der Waals surface area contributed by atoms with Gasteiger partial charge in [0.2, 0.25) is 0 Å². The second-order valence-electron chi connectivity index (χ2n) is 4.50. The first kappa shape index (κ1) is 9.57. The van der Waals surface area contributed by atoms with Gasteiger partial charge in [0, 0.05) is 18.8 Å². The lowest BCUT2D eigenvalue weighted by Crippen LogP contribution is -2.45. The molecule has 1 heterocycles. The third-order valence-electron chi connectivity index (χ3n) is 3.02. The highest BCUT2D eigenvalue weighted by molar-refractivity contribution is 5.56. The highest BCUT2D eigenvalue weighted by Gasteiger charge is 2.23. The molecule has 0 radical (unpaired) electrons. The number of rotatable bonds is 2. The molecule has 1 aromatic rings. The lowest BCUT2D eigenvalue weighted by atomic mass is 9.98. The van der Waals surface area contributed by atoms with E-state index >= 15 is 0 Å². The zero-order valence-corrected chi connectivity index (χ0v) is 9.38. The Morgan fingerprint density at radius 2 is 2.07 bits per heavy atom. The normalized spacial score (nSPS) is 16.9. The Labute approximate surface area is 86.7 Å². The summed E-state index contributed by atoms with van der Waals surface area (Å²) in [5, 5.41) is 0. The van der Waals surface area contributed by atoms with Crippen LogP contribution in [-0.2, 0) is 6.42 Å². The van der Waals surface area contributed by atoms with Gasteiger partial charge in [0.1, 0.15) is 0 Å². The van der Waals surface area contributed by atoms with Crippen LogP contribution in [0.25, 0.3) is 0 Å². The summed E-state index contributed by atoms with van der Waals surface area (Å²) in [4.78, 5) is 2.49. The van der Waals surface area contributed by atoms with Crippen molar-refractivity contribution in [1.29, 1.82) is 0 Å². The first-order chi connectivity index (χ1) is 6.70. The highest BCUT2D eigenvalue weighted by Crippen LogP contribution is 2.28. The first-order valence-corrected chi connectivity index (χ1v) is 5.55. The van der Waals surface area contributed by atoms with Crippen molar-refractivity contribution in [3.8, 4) is 0 Å². The van der Waals surface area contributed by atoms with Gasteiger partial charge in [-0.2, -0.15) is 0 Å². The summed E-state index contributed by atoms with van der Waals surface area (Å²) in [6.45, 7) is 9.19. The minimum Gasteiger partial charge on any atom is -0.371 e. The van der Waals surface area contributed by atoms with E-state index in [1.165, 1.54) is 29.9 Å². The van der Waals surface area contributed by atoms with Gasteiger partial charge >= 0.3 is 0 Å². The van der Waals surface area contributed by atoms with Crippen molar-refractivity contribution in [2.24, 2.45) is 5.92 Å². The molecule has 0 saturated carbocycles. The first-order valence-electron chi connectivity index (χ1n) is 5.55. The summed E-state index contributed by atoms with van der Waals surface area (Å²) in [7, 11) is 0. The third-order valence-corrected chi connectivity index (χ3v) is 3.02. The van der Waals surface area contributed by atoms with E-state index in [-0.39, 0.29) is 0 Å². The molecule has 0 aliphatic carbocycles. The van der Waals surface area contributed by atoms with Crippen molar-refractivity contribution in [2.45, 2.75) is 27.2 Å². The van der Waals surface area contributed by atoms with Crippen molar-refractivity contribution in [2.75, 3.05) is 18.0 Å². The molecule has 0 spiro atoms. The maximum atomic E-state index is 2.49. The summed E-state index contributed by atoms with van der Waals surface area (Å²) < 4.78 is 0. The molecule has 0 unspecified atom stereocenters. The van der Waals surface area contributed by atoms with Gasteiger partial charge in [-0.15, -0.1) is 0 Å². The molecule has 0 N–H and O–H groups in total. The maximum Gasteiger partial charge on any atom is 0.0399 e. The molecule has 1 aromatic carbocycles. The van der Waals surface area contributed by atoms with E-state index in [0.29, 0.717) is 0 Å². The number of benzene rings is 1. The molecule has 1 aliphatic heterocycles. The number of hydrogen-bond acceptors (Lipinski definition) is 1. The molecule has 0 amide bonds. The minimum atomic E-state index is 0.876. The second kappa shape index (κ2) is 3.64. The van der Waals surface area contributed by atoms with Gasteiger partial charge in [-0.25, -0.2) is 0 Å². The van der Waals surface area contributed by atoms with Gasteiger partial charge in [0.15, 0.2) is 0 Å². The van der Waals surface area contributed by atoms with Crippen LogP contribution in [-0.4, -0.2) is 13.1 Å². The summed E-state index contributed by atoms with van der Waals surface area (Å²) in [5.74, 6) is 0.876. The quantitative estimate of drug-likeness (QED) is 0.691. The second-order valence-corrected chi connectivity index (χ2v) is 4.50. The van der Waals surface area contributed by atoms with E-state index in [4.69, 9.17) is 0 Å². The van der Waals surface area contributed by atoms with Crippen LogP contribution >= 0.6 is 0 Å². The molecule has 1 fully saturated rings. The molecule has 0 atom stereocenters. The maximum absolute atomic E-state index is 2.49. The fraction of sp³-hybridized carbons (Fsp3) is 0.538. The molecular formula is C13H19N. The average Bonchev–Trinajstić information content (AvgIpc) is 2.13. The van der Waals surface area contributed by atoms with Crippen molar-refractivity contribution < 1.29 is 0 Å². The molecule has 0 bridgehead atoms. The van der Waals surface area contributed by atoms with E-state index < -0.39 is 0 Å². The number of nitrogens with zero attached hydrogens (tertiary/aromatic N) is 1. The van der Waals surface area contributed by atoms with Crippen LogP contribution in [0.3, 0.4) is 0 Å². The predicted molar refractivity (Wildman–Crippen MR) is 61.9 cm³/mol. The monoisotopic (exact) mass is 189 g/mol. The van der Waals surface area contributed by atoms with Gasteiger partial charge in [0.05, 0.1) is 0 Å². The number of aryl methyl sites for hydroxylation is 2. The molecule has 1 heteroatoms. The van der Waals surface area contributed by atoms with Crippen LogP contribution in [0, 0.1) is 12.8 Å².